The van der Waals surface area contributed by atoms with E-state index < -0.39 is 11.9 Å². The van der Waals surface area contributed by atoms with E-state index in [0.717, 1.165) is 25.7 Å². The van der Waals surface area contributed by atoms with Gasteiger partial charge in [0, 0.05) is 24.6 Å². The Labute approximate surface area is 159 Å². The standard InChI is InChI=1S/C20H28N2O5/c1-26-17-12-10-16(11-13-17)22-19(24)14-27-20(25)9-5-8-18(23)21-15-6-3-2-4-7-15/h10-13,15H,2-9,14H2,1H3,(H,21,23)(H,22,24). The first-order valence-corrected chi connectivity index (χ1v) is 9.45. The number of nitrogens with one attached hydrogen (secondary N) is 2. The highest BCUT2D eigenvalue weighted by Crippen LogP contribution is 2.17. The molecule has 0 aromatic heterocycles. The van der Waals surface area contributed by atoms with Gasteiger partial charge in [-0.05, 0) is 43.5 Å². The summed E-state index contributed by atoms with van der Waals surface area (Å²) in [5, 5.41) is 5.65. The molecule has 0 radical (unpaired) electrons. The van der Waals surface area contributed by atoms with Crippen LogP contribution < -0.4 is 15.4 Å². The van der Waals surface area contributed by atoms with Gasteiger partial charge < -0.3 is 20.1 Å². The van der Waals surface area contributed by atoms with Crippen molar-refractivity contribution in [3.8, 4) is 5.75 Å². The Kier molecular flexibility index (Phi) is 8.61. The summed E-state index contributed by atoms with van der Waals surface area (Å²) in [6.45, 7) is -0.348. The number of carbonyl (C=O) groups is 3. The van der Waals surface area contributed by atoms with Crippen molar-refractivity contribution in [3.05, 3.63) is 24.3 Å². The number of carbonyl (C=O) groups excluding carboxylic acids is 3. The van der Waals surface area contributed by atoms with Crippen molar-refractivity contribution in [3.63, 3.8) is 0 Å². The lowest BCUT2D eigenvalue weighted by Gasteiger charge is -2.22. The summed E-state index contributed by atoms with van der Waals surface area (Å²) >= 11 is 0. The zero-order valence-corrected chi connectivity index (χ0v) is 15.8. The van der Waals surface area contributed by atoms with E-state index in [4.69, 9.17) is 9.47 Å². The second-order valence-corrected chi connectivity index (χ2v) is 6.69. The molecule has 1 fully saturated rings. The second-order valence-electron chi connectivity index (χ2n) is 6.69. The van der Waals surface area contributed by atoms with Crippen molar-refractivity contribution in [2.24, 2.45) is 0 Å². The number of ether oxygens (including phenoxy) is 2. The van der Waals surface area contributed by atoms with Gasteiger partial charge in [0.2, 0.25) is 5.91 Å². The van der Waals surface area contributed by atoms with E-state index in [1.54, 1.807) is 31.4 Å². The molecule has 1 aliphatic rings. The Balaban J connectivity index is 1.56. The van der Waals surface area contributed by atoms with Crippen LogP contribution >= 0.6 is 0 Å². The van der Waals surface area contributed by atoms with Gasteiger partial charge in [-0.2, -0.15) is 0 Å². The SMILES string of the molecule is COc1ccc(NC(=O)COC(=O)CCCC(=O)NC2CCCCC2)cc1. The normalized spacial score (nSPS) is 14.3. The summed E-state index contributed by atoms with van der Waals surface area (Å²) < 4.78 is 9.98. The van der Waals surface area contributed by atoms with Gasteiger partial charge >= 0.3 is 5.97 Å². The van der Waals surface area contributed by atoms with E-state index >= 15 is 0 Å². The average molecular weight is 376 g/mol. The summed E-state index contributed by atoms with van der Waals surface area (Å²) in [4.78, 5) is 35.4. The quantitative estimate of drug-likeness (QED) is 0.647. The summed E-state index contributed by atoms with van der Waals surface area (Å²) in [5.41, 5.74) is 0.594. The largest absolute Gasteiger partial charge is 0.497 e. The number of hydrogen-bond acceptors (Lipinski definition) is 5. The molecule has 0 atom stereocenters. The fourth-order valence-electron chi connectivity index (χ4n) is 3.03. The number of anilines is 1. The van der Waals surface area contributed by atoms with Gasteiger partial charge in [0.05, 0.1) is 7.11 Å². The van der Waals surface area contributed by atoms with Crippen LogP contribution in [0.25, 0.3) is 0 Å². The molecule has 0 bridgehead atoms. The van der Waals surface area contributed by atoms with Gasteiger partial charge in [-0.1, -0.05) is 19.3 Å². The molecule has 2 rings (SSSR count). The van der Waals surface area contributed by atoms with Crippen molar-refractivity contribution in [1.29, 1.82) is 0 Å². The minimum atomic E-state index is -0.481. The third kappa shape index (κ3) is 8.11. The van der Waals surface area contributed by atoms with Gasteiger partial charge in [-0.3, -0.25) is 14.4 Å². The van der Waals surface area contributed by atoms with Crippen molar-refractivity contribution in [2.45, 2.75) is 57.4 Å². The lowest BCUT2D eigenvalue weighted by molar-refractivity contribution is -0.147. The lowest BCUT2D eigenvalue weighted by atomic mass is 9.95. The molecule has 2 amide bonds. The molecule has 2 N–H and O–H groups in total. The highest BCUT2D eigenvalue weighted by atomic mass is 16.5. The summed E-state index contributed by atoms with van der Waals surface area (Å²) in [6, 6.07) is 7.12. The molecule has 0 heterocycles. The topological polar surface area (TPSA) is 93.7 Å². The molecule has 148 valence electrons. The second kappa shape index (κ2) is 11.2. The van der Waals surface area contributed by atoms with Crippen LogP contribution in [-0.2, 0) is 19.1 Å². The maximum Gasteiger partial charge on any atom is 0.306 e. The molecular formula is C20H28N2O5. The third-order valence-corrected chi connectivity index (χ3v) is 4.49. The monoisotopic (exact) mass is 376 g/mol. The molecule has 0 unspecified atom stereocenters. The molecule has 1 aromatic rings. The minimum absolute atomic E-state index is 0.0213. The fourth-order valence-corrected chi connectivity index (χ4v) is 3.03. The van der Waals surface area contributed by atoms with Crippen LogP contribution in [0.1, 0.15) is 51.4 Å². The van der Waals surface area contributed by atoms with Gasteiger partial charge in [0.15, 0.2) is 6.61 Å². The third-order valence-electron chi connectivity index (χ3n) is 4.49. The van der Waals surface area contributed by atoms with Crippen molar-refractivity contribution in [2.75, 3.05) is 19.0 Å². The number of hydrogen-bond donors (Lipinski definition) is 2. The van der Waals surface area contributed by atoms with Gasteiger partial charge in [0.25, 0.3) is 5.91 Å². The van der Waals surface area contributed by atoms with Crippen molar-refractivity contribution >= 4 is 23.5 Å². The summed E-state index contributed by atoms with van der Waals surface area (Å²) in [7, 11) is 1.56. The van der Waals surface area contributed by atoms with E-state index in [9.17, 15) is 14.4 Å². The minimum Gasteiger partial charge on any atom is -0.497 e. The molecule has 7 heteroatoms. The van der Waals surface area contributed by atoms with Gasteiger partial charge in [0.1, 0.15) is 5.75 Å². The predicted molar refractivity (Wildman–Crippen MR) is 101 cm³/mol. The maximum atomic E-state index is 11.9. The molecule has 0 saturated heterocycles. The predicted octanol–water partition coefficient (Wildman–Crippen LogP) is 2.80. The molecule has 7 nitrogen and oxygen atoms in total. The summed E-state index contributed by atoms with van der Waals surface area (Å²) in [6.07, 6.45) is 6.47. The van der Waals surface area contributed by atoms with Crippen LogP contribution in [0.3, 0.4) is 0 Å². The number of amides is 2. The molecule has 1 saturated carbocycles. The number of methoxy groups -OCH3 is 1. The Morgan fingerprint density at radius 1 is 1.00 bits per heavy atom. The van der Waals surface area contributed by atoms with Crippen LogP contribution in [0.15, 0.2) is 24.3 Å². The van der Waals surface area contributed by atoms with E-state index in [1.807, 2.05) is 0 Å². The highest BCUT2D eigenvalue weighted by molar-refractivity contribution is 5.92. The molecule has 1 aliphatic carbocycles. The van der Waals surface area contributed by atoms with E-state index in [1.165, 1.54) is 6.42 Å². The van der Waals surface area contributed by atoms with Crippen LogP contribution in [-0.4, -0.2) is 37.5 Å². The van der Waals surface area contributed by atoms with Crippen LogP contribution in [0.5, 0.6) is 5.75 Å². The van der Waals surface area contributed by atoms with E-state index in [0.29, 0.717) is 24.3 Å². The van der Waals surface area contributed by atoms with E-state index in [2.05, 4.69) is 10.6 Å². The first-order valence-electron chi connectivity index (χ1n) is 9.45. The van der Waals surface area contributed by atoms with Crippen LogP contribution in [0.4, 0.5) is 5.69 Å². The van der Waals surface area contributed by atoms with Gasteiger partial charge in [-0.15, -0.1) is 0 Å². The molecule has 27 heavy (non-hydrogen) atoms. The Hall–Kier alpha value is -2.57. The van der Waals surface area contributed by atoms with Crippen molar-refractivity contribution < 1.29 is 23.9 Å². The number of benzene rings is 1. The Morgan fingerprint density at radius 2 is 1.70 bits per heavy atom. The zero-order chi connectivity index (χ0) is 19.5. The van der Waals surface area contributed by atoms with Crippen LogP contribution in [0, 0.1) is 0 Å². The molecule has 0 aliphatic heterocycles. The van der Waals surface area contributed by atoms with Gasteiger partial charge in [-0.25, -0.2) is 0 Å². The Morgan fingerprint density at radius 3 is 2.37 bits per heavy atom. The number of rotatable bonds is 9. The fraction of sp³-hybridized carbons (Fsp3) is 0.550. The maximum absolute atomic E-state index is 11.9. The molecule has 0 spiro atoms. The van der Waals surface area contributed by atoms with E-state index in [-0.39, 0.29) is 25.0 Å². The lowest BCUT2D eigenvalue weighted by Crippen LogP contribution is -2.36. The Bertz CT molecular complexity index is 624. The zero-order valence-electron chi connectivity index (χ0n) is 15.8. The molecule has 1 aromatic carbocycles. The average Bonchev–Trinajstić information content (AvgIpc) is 2.68. The highest BCUT2D eigenvalue weighted by Gasteiger charge is 2.16. The molecular weight excluding hydrogens is 348 g/mol. The summed E-state index contributed by atoms with van der Waals surface area (Å²) in [5.74, 6) is -0.229. The van der Waals surface area contributed by atoms with Crippen molar-refractivity contribution in [1.82, 2.24) is 5.32 Å². The smallest absolute Gasteiger partial charge is 0.306 e. The van der Waals surface area contributed by atoms with Crippen LogP contribution in [0.2, 0.25) is 0 Å². The first-order chi connectivity index (χ1) is 13.1. The first kappa shape index (κ1) is 20.7. The number of esters is 1.